The van der Waals surface area contributed by atoms with Crippen LogP contribution in [0.4, 0.5) is 0 Å². The summed E-state index contributed by atoms with van der Waals surface area (Å²) >= 11 is 0. The first-order chi connectivity index (χ1) is 3.80. The van der Waals surface area contributed by atoms with Crippen LogP contribution in [0.1, 0.15) is 0 Å². The van der Waals surface area contributed by atoms with Crippen LogP contribution in [-0.4, -0.2) is 18.2 Å². The Labute approximate surface area is 45.5 Å². The fourth-order valence-electron chi connectivity index (χ4n) is 0.281. The van der Waals surface area contributed by atoms with Gasteiger partial charge in [-0.05, 0) is 5.16 Å². The van der Waals surface area contributed by atoms with Crippen LogP contribution in [0.3, 0.4) is 0 Å². The Morgan fingerprint density at radius 3 is 2.88 bits per heavy atom. The molecule has 1 aliphatic heterocycles. The van der Waals surface area contributed by atoms with E-state index in [9.17, 15) is 0 Å². The zero-order chi connectivity index (χ0) is 5.98. The fourth-order valence-corrected chi connectivity index (χ4v) is 0.281. The molecule has 44 valence electrons. The standard InChI is InChI=1S/C3H5N3O2/c4-2-1-7-8-6-3(2)5/h4H,1H2,(H2,5,6). The largest absolute Gasteiger partial charge is 0.379 e. The lowest BCUT2D eigenvalue weighted by Crippen LogP contribution is -2.30. The number of hydrogen-bond acceptors (Lipinski definition) is 5. The van der Waals surface area contributed by atoms with E-state index in [4.69, 9.17) is 11.1 Å². The summed E-state index contributed by atoms with van der Waals surface area (Å²) in [6, 6.07) is 0. The highest BCUT2D eigenvalue weighted by Gasteiger charge is 2.08. The molecule has 0 unspecified atom stereocenters. The van der Waals surface area contributed by atoms with Crippen molar-refractivity contribution >= 4 is 11.5 Å². The minimum absolute atomic E-state index is 0.0787. The third-order valence-corrected chi connectivity index (χ3v) is 0.701. The molecule has 0 bridgehead atoms. The maximum absolute atomic E-state index is 6.93. The van der Waals surface area contributed by atoms with Gasteiger partial charge in [-0.1, -0.05) is 0 Å². The number of oxime groups is 1. The molecule has 0 amide bonds. The third kappa shape index (κ3) is 0.760. The molecule has 1 heterocycles. The molecule has 1 rings (SSSR count). The second-order valence-corrected chi connectivity index (χ2v) is 1.29. The van der Waals surface area contributed by atoms with E-state index in [2.05, 4.69) is 15.0 Å². The fraction of sp³-hybridized carbons (Fsp3) is 0.333. The summed E-state index contributed by atoms with van der Waals surface area (Å²) in [4.78, 5) is 8.33. The van der Waals surface area contributed by atoms with Crippen LogP contribution in [0.15, 0.2) is 5.16 Å². The number of nitrogens with two attached hydrogens (primary N) is 1. The lowest BCUT2D eigenvalue weighted by atomic mass is 10.4. The zero-order valence-corrected chi connectivity index (χ0v) is 4.05. The molecule has 0 fully saturated rings. The zero-order valence-electron chi connectivity index (χ0n) is 4.05. The smallest absolute Gasteiger partial charge is 0.190 e. The molecule has 0 radical (unpaired) electrons. The molecule has 0 aliphatic carbocycles. The third-order valence-electron chi connectivity index (χ3n) is 0.701. The van der Waals surface area contributed by atoms with E-state index in [1.54, 1.807) is 0 Å². The van der Waals surface area contributed by atoms with Crippen molar-refractivity contribution in [2.45, 2.75) is 0 Å². The first-order valence-electron chi connectivity index (χ1n) is 2.00. The van der Waals surface area contributed by atoms with Crippen LogP contribution in [0.2, 0.25) is 0 Å². The van der Waals surface area contributed by atoms with E-state index in [1.165, 1.54) is 0 Å². The normalized spacial score (nSPS) is 19.5. The number of amidine groups is 1. The van der Waals surface area contributed by atoms with Gasteiger partial charge in [-0.15, -0.1) is 0 Å². The molecule has 5 nitrogen and oxygen atoms in total. The predicted molar refractivity (Wildman–Crippen MR) is 26.4 cm³/mol. The van der Waals surface area contributed by atoms with Gasteiger partial charge in [0.1, 0.15) is 12.3 Å². The van der Waals surface area contributed by atoms with Gasteiger partial charge in [-0.2, -0.15) is 4.89 Å². The van der Waals surface area contributed by atoms with Crippen molar-refractivity contribution in [3.05, 3.63) is 0 Å². The van der Waals surface area contributed by atoms with Crippen molar-refractivity contribution in [2.75, 3.05) is 6.61 Å². The van der Waals surface area contributed by atoms with Crippen molar-refractivity contribution in [1.29, 1.82) is 5.41 Å². The van der Waals surface area contributed by atoms with E-state index >= 15 is 0 Å². The molecule has 0 aromatic carbocycles. The van der Waals surface area contributed by atoms with Crippen LogP contribution in [-0.2, 0) is 9.88 Å². The van der Waals surface area contributed by atoms with Crippen molar-refractivity contribution in [2.24, 2.45) is 10.9 Å². The Kier molecular flexibility index (Phi) is 1.13. The molecule has 8 heavy (non-hydrogen) atoms. The minimum Gasteiger partial charge on any atom is -0.379 e. The topological polar surface area (TPSA) is 80.7 Å². The summed E-state index contributed by atoms with van der Waals surface area (Å²) < 4.78 is 0. The van der Waals surface area contributed by atoms with Crippen LogP contribution in [0, 0.1) is 5.41 Å². The molecule has 1 aliphatic rings. The molecule has 0 atom stereocenters. The van der Waals surface area contributed by atoms with E-state index in [1.807, 2.05) is 0 Å². The van der Waals surface area contributed by atoms with Crippen LogP contribution in [0.25, 0.3) is 0 Å². The minimum atomic E-state index is 0.0787. The second-order valence-electron chi connectivity index (χ2n) is 1.29. The van der Waals surface area contributed by atoms with E-state index in [-0.39, 0.29) is 18.2 Å². The highest BCUT2D eigenvalue weighted by Crippen LogP contribution is 1.89. The monoisotopic (exact) mass is 115 g/mol. The predicted octanol–water partition coefficient (Wildman–Crippen LogP) is -0.760. The van der Waals surface area contributed by atoms with E-state index in [0.717, 1.165) is 0 Å². The summed E-state index contributed by atoms with van der Waals surface area (Å²) in [7, 11) is 0. The SMILES string of the molecule is N=C1COON=C1N. The van der Waals surface area contributed by atoms with Gasteiger partial charge in [0, 0.05) is 0 Å². The van der Waals surface area contributed by atoms with Gasteiger partial charge < -0.3 is 5.73 Å². The Bertz CT molecular complexity index is 141. The molecule has 3 N–H and O–H groups in total. The number of nitrogens with zero attached hydrogens (tertiary/aromatic N) is 1. The van der Waals surface area contributed by atoms with Crippen LogP contribution >= 0.6 is 0 Å². The van der Waals surface area contributed by atoms with Gasteiger partial charge >= 0.3 is 0 Å². The van der Waals surface area contributed by atoms with Crippen molar-refractivity contribution in [3.63, 3.8) is 0 Å². The first kappa shape index (κ1) is 5.04. The molecule has 0 aromatic heterocycles. The quantitative estimate of drug-likeness (QED) is 0.407. The molecule has 0 saturated carbocycles. The molecule has 0 saturated heterocycles. The Hall–Kier alpha value is -1.10. The number of rotatable bonds is 0. The first-order valence-corrected chi connectivity index (χ1v) is 2.00. The van der Waals surface area contributed by atoms with Crippen molar-refractivity contribution in [3.8, 4) is 0 Å². The van der Waals surface area contributed by atoms with E-state index in [0.29, 0.717) is 0 Å². The maximum atomic E-state index is 6.93. The second kappa shape index (κ2) is 1.79. The average molecular weight is 115 g/mol. The van der Waals surface area contributed by atoms with Gasteiger partial charge in [0.05, 0.1) is 0 Å². The Morgan fingerprint density at radius 2 is 2.50 bits per heavy atom. The summed E-state index contributed by atoms with van der Waals surface area (Å²) in [5.41, 5.74) is 5.25. The molecular weight excluding hydrogens is 110 g/mol. The maximum Gasteiger partial charge on any atom is 0.190 e. The summed E-state index contributed by atoms with van der Waals surface area (Å²) in [6.07, 6.45) is 0. The van der Waals surface area contributed by atoms with Gasteiger partial charge in [0.2, 0.25) is 0 Å². The summed E-state index contributed by atoms with van der Waals surface area (Å²) in [6.45, 7) is 0.0787. The van der Waals surface area contributed by atoms with E-state index < -0.39 is 0 Å². The Morgan fingerprint density at radius 1 is 1.75 bits per heavy atom. The molecule has 0 aromatic rings. The Balaban J connectivity index is 2.67. The average Bonchev–Trinajstić information content (AvgIpc) is 1.77. The van der Waals surface area contributed by atoms with Crippen molar-refractivity contribution < 1.29 is 9.88 Å². The molecule has 0 spiro atoms. The summed E-state index contributed by atoms with van der Waals surface area (Å²) in [5.74, 6) is 0.0799. The lowest BCUT2D eigenvalue weighted by Gasteiger charge is -2.05. The summed E-state index contributed by atoms with van der Waals surface area (Å²) in [5, 5.41) is 10.1. The van der Waals surface area contributed by atoms with Crippen LogP contribution < -0.4 is 5.73 Å². The van der Waals surface area contributed by atoms with Crippen LogP contribution in [0.5, 0.6) is 0 Å². The molecular formula is C3H5N3O2. The van der Waals surface area contributed by atoms with Gasteiger partial charge in [0.25, 0.3) is 0 Å². The van der Waals surface area contributed by atoms with Crippen molar-refractivity contribution in [1.82, 2.24) is 0 Å². The van der Waals surface area contributed by atoms with Gasteiger partial charge in [-0.25, -0.2) is 4.99 Å². The number of hydrogen-bond donors (Lipinski definition) is 2. The molecule has 5 heteroatoms. The highest BCUT2D eigenvalue weighted by atomic mass is 17.3. The number of nitrogens with one attached hydrogen (secondary N) is 1. The van der Waals surface area contributed by atoms with Gasteiger partial charge in [-0.3, -0.25) is 5.41 Å². The lowest BCUT2D eigenvalue weighted by molar-refractivity contribution is -0.287. The highest BCUT2D eigenvalue weighted by molar-refractivity contribution is 6.40. The van der Waals surface area contributed by atoms with Gasteiger partial charge in [0.15, 0.2) is 5.84 Å².